The van der Waals surface area contributed by atoms with Gasteiger partial charge in [0.05, 0.1) is 5.52 Å². The number of aromatic nitrogens is 3. The third-order valence-corrected chi connectivity index (χ3v) is 2.81. The quantitative estimate of drug-likeness (QED) is 0.703. The summed E-state index contributed by atoms with van der Waals surface area (Å²) >= 11 is 5.75. The molecular formula is C12H9ClN4O2. The first-order chi connectivity index (χ1) is 9.11. The van der Waals surface area contributed by atoms with E-state index in [-0.39, 0.29) is 5.28 Å². The largest absolute Gasteiger partial charge is 0.417 e. The number of fused-ring (bicyclic) bond motifs is 1. The minimum Gasteiger partial charge on any atom is -0.408 e. The molecule has 2 heterocycles. The Morgan fingerprint density at radius 3 is 3.11 bits per heavy atom. The Balaban J connectivity index is 2.00. The number of H-pyrrole nitrogens is 1. The van der Waals surface area contributed by atoms with Gasteiger partial charge in [0, 0.05) is 23.5 Å². The van der Waals surface area contributed by atoms with Gasteiger partial charge in [-0.05, 0) is 30.7 Å². The number of oxazole rings is 1. The van der Waals surface area contributed by atoms with Crippen LogP contribution in [0.5, 0.6) is 0 Å². The Morgan fingerprint density at radius 2 is 2.26 bits per heavy atom. The molecule has 0 atom stereocenters. The summed E-state index contributed by atoms with van der Waals surface area (Å²) in [7, 11) is 0. The molecule has 2 aromatic heterocycles. The van der Waals surface area contributed by atoms with Crippen molar-refractivity contribution < 1.29 is 4.42 Å². The summed E-state index contributed by atoms with van der Waals surface area (Å²) in [6, 6.07) is 5.27. The molecule has 1 aromatic carbocycles. The van der Waals surface area contributed by atoms with Gasteiger partial charge in [-0.25, -0.2) is 14.8 Å². The van der Waals surface area contributed by atoms with Crippen molar-refractivity contribution in [2.75, 3.05) is 5.32 Å². The lowest BCUT2D eigenvalue weighted by atomic mass is 10.2. The second kappa shape index (κ2) is 4.40. The molecule has 7 heteroatoms. The van der Waals surface area contributed by atoms with Crippen LogP contribution in [-0.2, 0) is 0 Å². The van der Waals surface area contributed by atoms with Crippen molar-refractivity contribution in [1.82, 2.24) is 15.0 Å². The number of nitrogens with zero attached hydrogens (tertiary/aromatic N) is 2. The zero-order valence-electron chi connectivity index (χ0n) is 9.90. The van der Waals surface area contributed by atoms with E-state index in [1.165, 1.54) is 0 Å². The molecule has 0 aliphatic rings. The number of aromatic amines is 1. The number of hydrogen-bond donors (Lipinski definition) is 2. The van der Waals surface area contributed by atoms with Gasteiger partial charge in [0.25, 0.3) is 0 Å². The van der Waals surface area contributed by atoms with E-state index >= 15 is 0 Å². The van der Waals surface area contributed by atoms with Crippen LogP contribution in [0, 0.1) is 6.92 Å². The van der Waals surface area contributed by atoms with E-state index in [0.29, 0.717) is 16.9 Å². The van der Waals surface area contributed by atoms with Gasteiger partial charge in [-0.15, -0.1) is 0 Å². The highest BCUT2D eigenvalue weighted by Gasteiger charge is 2.05. The van der Waals surface area contributed by atoms with Crippen LogP contribution in [0.1, 0.15) is 5.56 Å². The Hall–Kier alpha value is -2.34. The summed E-state index contributed by atoms with van der Waals surface area (Å²) in [4.78, 5) is 21.6. The molecule has 96 valence electrons. The molecule has 0 amide bonds. The van der Waals surface area contributed by atoms with Gasteiger partial charge in [0.2, 0.25) is 5.28 Å². The summed E-state index contributed by atoms with van der Waals surface area (Å²) < 4.78 is 4.99. The summed E-state index contributed by atoms with van der Waals surface area (Å²) in [5.74, 6) is 0.130. The summed E-state index contributed by atoms with van der Waals surface area (Å²) in [6.45, 7) is 1.87. The molecule has 0 aliphatic heterocycles. The summed E-state index contributed by atoms with van der Waals surface area (Å²) in [5.41, 5.74) is 2.73. The van der Waals surface area contributed by atoms with Crippen molar-refractivity contribution in [3.63, 3.8) is 0 Å². The van der Waals surface area contributed by atoms with Gasteiger partial charge in [0.1, 0.15) is 5.82 Å². The molecule has 0 unspecified atom stereocenters. The fourth-order valence-electron chi connectivity index (χ4n) is 1.71. The van der Waals surface area contributed by atoms with Crippen LogP contribution in [-0.4, -0.2) is 15.0 Å². The van der Waals surface area contributed by atoms with E-state index in [0.717, 1.165) is 11.3 Å². The van der Waals surface area contributed by atoms with Crippen LogP contribution < -0.4 is 11.1 Å². The van der Waals surface area contributed by atoms with Crippen LogP contribution >= 0.6 is 11.6 Å². The average Bonchev–Trinajstić information content (AvgIpc) is 2.73. The number of benzene rings is 1. The van der Waals surface area contributed by atoms with Gasteiger partial charge < -0.3 is 9.73 Å². The van der Waals surface area contributed by atoms with Crippen LogP contribution in [0.25, 0.3) is 11.1 Å². The smallest absolute Gasteiger partial charge is 0.408 e. The highest BCUT2D eigenvalue weighted by Crippen LogP contribution is 2.22. The molecule has 0 bridgehead atoms. The van der Waals surface area contributed by atoms with E-state index in [1.54, 1.807) is 18.3 Å². The first kappa shape index (κ1) is 11.7. The lowest BCUT2D eigenvalue weighted by Crippen LogP contribution is -1.97. The maximum Gasteiger partial charge on any atom is 0.417 e. The molecule has 0 spiro atoms. The maximum atomic E-state index is 11.1. The monoisotopic (exact) mass is 276 g/mol. The van der Waals surface area contributed by atoms with Crippen LogP contribution in [0.4, 0.5) is 11.5 Å². The molecule has 3 aromatic rings. The first-order valence-corrected chi connectivity index (χ1v) is 5.89. The van der Waals surface area contributed by atoms with Crippen molar-refractivity contribution in [2.24, 2.45) is 0 Å². The van der Waals surface area contributed by atoms with Gasteiger partial charge >= 0.3 is 5.76 Å². The Kier molecular flexibility index (Phi) is 2.72. The van der Waals surface area contributed by atoms with E-state index < -0.39 is 5.76 Å². The lowest BCUT2D eigenvalue weighted by molar-refractivity contribution is 0.555. The van der Waals surface area contributed by atoms with Gasteiger partial charge in [-0.1, -0.05) is 0 Å². The molecule has 0 radical (unpaired) electrons. The summed E-state index contributed by atoms with van der Waals surface area (Å²) in [5, 5.41) is 3.27. The number of anilines is 2. The third-order valence-electron chi connectivity index (χ3n) is 2.63. The number of aryl methyl sites for hydroxylation is 1. The minimum atomic E-state index is -0.478. The molecule has 3 rings (SSSR count). The molecule has 0 saturated heterocycles. The molecular weight excluding hydrogens is 268 g/mol. The molecule has 6 nitrogen and oxygen atoms in total. The minimum absolute atomic E-state index is 0.169. The lowest BCUT2D eigenvalue weighted by Gasteiger charge is -2.07. The van der Waals surface area contributed by atoms with Gasteiger partial charge in [0.15, 0.2) is 5.58 Å². The molecule has 0 aliphatic carbocycles. The predicted molar refractivity (Wildman–Crippen MR) is 71.9 cm³/mol. The Morgan fingerprint density at radius 1 is 1.42 bits per heavy atom. The van der Waals surface area contributed by atoms with Gasteiger partial charge in [-0.3, -0.25) is 4.98 Å². The SMILES string of the molecule is Cc1cnc(Cl)nc1Nc1ccc2[nH]c(=O)oc2c1. The van der Waals surface area contributed by atoms with Crippen molar-refractivity contribution in [3.05, 3.63) is 45.8 Å². The standard InChI is InChI=1S/C12H9ClN4O2/c1-6-5-14-11(13)17-10(6)15-7-2-3-8-9(4-7)19-12(18)16-8/h2-5H,1H3,(H,16,18)(H,14,15,17). The molecule has 19 heavy (non-hydrogen) atoms. The highest BCUT2D eigenvalue weighted by molar-refractivity contribution is 6.28. The fourth-order valence-corrected chi connectivity index (χ4v) is 1.84. The second-order valence-corrected chi connectivity index (χ2v) is 4.36. The van der Waals surface area contributed by atoms with E-state index in [9.17, 15) is 4.79 Å². The zero-order valence-corrected chi connectivity index (χ0v) is 10.7. The number of halogens is 1. The van der Waals surface area contributed by atoms with Crippen molar-refractivity contribution in [1.29, 1.82) is 0 Å². The van der Waals surface area contributed by atoms with Crippen molar-refractivity contribution in [3.8, 4) is 0 Å². The van der Waals surface area contributed by atoms with E-state index in [4.69, 9.17) is 16.0 Å². The number of hydrogen-bond acceptors (Lipinski definition) is 5. The second-order valence-electron chi connectivity index (χ2n) is 4.02. The van der Waals surface area contributed by atoms with Crippen LogP contribution in [0.15, 0.2) is 33.6 Å². The molecule has 2 N–H and O–H groups in total. The van der Waals surface area contributed by atoms with E-state index in [1.807, 2.05) is 13.0 Å². The third kappa shape index (κ3) is 2.30. The van der Waals surface area contributed by atoms with E-state index in [2.05, 4.69) is 20.3 Å². The van der Waals surface area contributed by atoms with Gasteiger partial charge in [-0.2, -0.15) is 0 Å². The Bertz CT molecular complexity index is 809. The van der Waals surface area contributed by atoms with Crippen molar-refractivity contribution >= 4 is 34.2 Å². The van der Waals surface area contributed by atoms with Crippen LogP contribution in [0.3, 0.4) is 0 Å². The number of nitrogens with one attached hydrogen (secondary N) is 2. The normalized spacial score (nSPS) is 10.8. The highest BCUT2D eigenvalue weighted by atomic mass is 35.5. The zero-order chi connectivity index (χ0) is 13.4. The summed E-state index contributed by atoms with van der Waals surface area (Å²) in [6.07, 6.45) is 1.63. The molecule has 0 saturated carbocycles. The Labute approximate surface area is 112 Å². The average molecular weight is 277 g/mol. The topological polar surface area (TPSA) is 83.8 Å². The number of rotatable bonds is 2. The maximum absolute atomic E-state index is 11.1. The predicted octanol–water partition coefficient (Wildman–Crippen LogP) is 2.62. The fraction of sp³-hybridized carbons (Fsp3) is 0.0833. The van der Waals surface area contributed by atoms with Crippen molar-refractivity contribution in [2.45, 2.75) is 6.92 Å². The molecule has 0 fully saturated rings. The first-order valence-electron chi connectivity index (χ1n) is 5.51. The van der Waals surface area contributed by atoms with Crippen LogP contribution in [0.2, 0.25) is 5.28 Å².